The molecule has 0 amide bonds. The largest absolute Gasteiger partial charge is 0.480 e. The molecule has 3 N–H and O–H groups in total. The van der Waals surface area contributed by atoms with Crippen LogP contribution in [0.3, 0.4) is 0 Å². The molecule has 0 heterocycles. The molecule has 0 aromatic rings. The second kappa shape index (κ2) is 10.1. The summed E-state index contributed by atoms with van der Waals surface area (Å²) >= 11 is 0. The van der Waals surface area contributed by atoms with E-state index in [9.17, 15) is 14.4 Å². The van der Waals surface area contributed by atoms with Gasteiger partial charge in [0.05, 0.1) is 6.54 Å². The maximum absolute atomic E-state index is 10.9. The van der Waals surface area contributed by atoms with Gasteiger partial charge in [0, 0.05) is 26.2 Å². The van der Waals surface area contributed by atoms with Crippen LogP contribution >= 0.6 is 0 Å². The summed E-state index contributed by atoms with van der Waals surface area (Å²) in [5.74, 6) is -2.85. The molecule has 0 radical (unpaired) electrons. The minimum absolute atomic E-state index is 0.176. The smallest absolute Gasteiger partial charge is 0.320 e. The Morgan fingerprint density at radius 1 is 0.783 bits per heavy atom. The molecule has 9 nitrogen and oxygen atoms in total. The molecule has 23 heavy (non-hydrogen) atoms. The quantitative estimate of drug-likeness (QED) is 0.420. The first kappa shape index (κ1) is 21.3. The summed E-state index contributed by atoms with van der Waals surface area (Å²) in [6.45, 7) is 4.52. The van der Waals surface area contributed by atoms with E-state index in [1.54, 1.807) is 42.6 Å². The third-order valence-electron chi connectivity index (χ3n) is 3.93. The van der Waals surface area contributed by atoms with Gasteiger partial charge in [0.15, 0.2) is 0 Å². The number of nitrogens with zero attached hydrogens (tertiary/aromatic N) is 3. The van der Waals surface area contributed by atoms with Gasteiger partial charge in [-0.05, 0) is 27.9 Å². The molecule has 0 aromatic heterocycles. The lowest BCUT2D eigenvalue weighted by atomic mass is 10.3. The van der Waals surface area contributed by atoms with E-state index in [2.05, 4.69) is 0 Å². The minimum Gasteiger partial charge on any atom is -0.480 e. The van der Waals surface area contributed by atoms with Crippen molar-refractivity contribution in [2.75, 3.05) is 46.8 Å². The van der Waals surface area contributed by atoms with Crippen molar-refractivity contribution >= 4 is 17.9 Å². The molecule has 0 unspecified atom stereocenters. The fraction of sp³-hybridized carbons (Fsp3) is 0.786. The van der Waals surface area contributed by atoms with Gasteiger partial charge in [-0.1, -0.05) is 0 Å². The summed E-state index contributed by atoms with van der Waals surface area (Å²) in [4.78, 5) is 37.7. The predicted molar refractivity (Wildman–Crippen MR) is 83.5 cm³/mol. The fourth-order valence-corrected chi connectivity index (χ4v) is 1.82. The van der Waals surface area contributed by atoms with E-state index in [1.165, 1.54) is 0 Å². The zero-order chi connectivity index (χ0) is 18.2. The van der Waals surface area contributed by atoms with Gasteiger partial charge < -0.3 is 15.3 Å². The second-order valence-corrected chi connectivity index (χ2v) is 5.66. The highest BCUT2D eigenvalue weighted by molar-refractivity contribution is 5.73. The van der Waals surface area contributed by atoms with Gasteiger partial charge in [-0.15, -0.1) is 0 Å². The van der Waals surface area contributed by atoms with Crippen molar-refractivity contribution in [3.8, 4) is 0 Å². The van der Waals surface area contributed by atoms with Crippen LogP contribution in [-0.4, -0.2) is 107 Å². The first-order chi connectivity index (χ1) is 10.6. The van der Waals surface area contributed by atoms with Crippen molar-refractivity contribution in [1.82, 2.24) is 14.7 Å². The van der Waals surface area contributed by atoms with Crippen molar-refractivity contribution in [3.05, 3.63) is 0 Å². The molecule has 0 aliphatic rings. The molecule has 0 spiro atoms. The number of hydrogen-bond donors (Lipinski definition) is 3. The Kier molecular flexibility index (Phi) is 9.38. The summed E-state index contributed by atoms with van der Waals surface area (Å²) in [6, 6.07) is -1.31. The standard InChI is InChI=1S/C14H27N3O6/c1-10(13(20)21)15(3)5-7-17(9-12(18)19)8-6-16(4)11(2)14(22)23/h10-11H,5-9H2,1-4H3,(H,18,19)(H,20,21)(H,22,23)/t10-,11+. The van der Waals surface area contributed by atoms with E-state index in [1.807, 2.05) is 0 Å². The van der Waals surface area contributed by atoms with E-state index >= 15 is 0 Å². The van der Waals surface area contributed by atoms with Gasteiger partial charge in [0.1, 0.15) is 12.1 Å². The van der Waals surface area contributed by atoms with Crippen molar-refractivity contribution in [2.24, 2.45) is 0 Å². The summed E-state index contributed by atoms with van der Waals surface area (Å²) in [5, 5.41) is 26.8. The van der Waals surface area contributed by atoms with Gasteiger partial charge >= 0.3 is 17.9 Å². The summed E-state index contributed by atoms with van der Waals surface area (Å²) < 4.78 is 0. The van der Waals surface area contributed by atoms with E-state index in [0.29, 0.717) is 26.2 Å². The van der Waals surface area contributed by atoms with Crippen LogP contribution in [0, 0.1) is 0 Å². The number of hydrogen-bond acceptors (Lipinski definition) is 6. The maximum atomic E-state index is 10.9. The maximum Gasteiger partial charge on any atom is 0.320 e. The van der Waals surface area contributed by atoms with Gasteiger partial charge in [0.25, 0.3) is 0 Å². The van der Waals surface area contributed by atoms with Crippen LogP contribution in [0.1, 0.15) is 13.8 Å². The molecule has 0 aromatic carbocycles. The van der Waals surface area contributed by atoms with Crippen molar-refractivity contribution in [3.63, 3.8) is 0 Å². The Morgan fingerprint density at radius 3 is 1.39 bits per heavy atom. The van der Waals surface area contributed by atoms with E-state index in [4.69, 9.17) is 15.3 Å². The summed E-state index contributed by atoms with van der Waals surface area (Å²) in [7, 11) is 3.33. The predicted octanol–water partition coefficient (Wildman–Crippen LogP) is -0.817. The number of carboxylic acid groups (broad SMARTS) is 3. The first-order valence-corrected chi connectivity index (χ1v) is 7.36. The Bertz CT molecular complexity index is 387. The molecular weight excluding hydrogens is 306 g/mol. The molecule has 0 aliphatic heterocycles. The molecule has 134 valence electrons. The molecule has 0 saturated heterocycles. The zero-order valence-corrected chi connectivity index (χ0v) is 14.1. The molecular formula is C14H27N3O6. The van der Waals surface area contributed by atoms with E-state index in [0.717, 1.165) is 0 Å². The fourth-order valence-electron chi connectivity index (χ4n) is 1.82. The lowest BCUT2D eigenvalue weighted by Crippen LogP contribution is -2.45. The lowest BCUT2D eigenvalue weighted by Gasteiger charge is -2.28. The Morgan fingerprint density at radius 2 is 1.13 bits per heavy atom. The summed E-state index contributed by atoms with van der Waals surface area (Å²) in [5.41, 5.74) is 0. The highest BCUT2D eigenvalue weighted by Crippen LogP contribution is 2.00. The number of carboxylic acids is 3. The molecule has 0 bridgehead atoms. The number of likely N-dealkylation sites (N-methyl/N-ethyl adjacent to an activating group) is 2. The van der Waals surface area contributed by atoms with Crippen LogP contribution in [0.5, 0.6) is 0 Å². The van der Waals surface area contributed by atoms with Crippen LogP contribution < -0.4 is 0 Å². The van der Waals surface area contributed by atoms with Crippen molar-refractivity contribution in [1.29, 1.82) is 0 Å². The molecule has 0 aliphatic carbocycles. The molecule has 2 atom stereocenters. The summed E-state index contributed by atoms with van der Waals surface area (Å²) in [6.07, 6.45) is 0. The monoisotopic (exact) mass is 333 g/mol. The van der Waals surface area contributed by atoms with Crippen LogP contribution in [0.4, 0.5) is 0 Å². The van der Waals surface area contributed by atoms with Crippen molar-refractivity contribution < 1.29 is 29.7 Å². The first-order valence-electron chi connectivity index (χ1n) is 7.36. The van der Waals surface area contributed by atoms with Gasteiger partial charge in [-0.2, -0.15) is 0 Å². The Balaban J connectivity index is 4.50. The lowest BCUT2D eigenvalue weighted by molar-refractivity contribution is -0.143. The number of aliphatic carboxylic acids is 3. The third kappa shape index (κ3) is 8.48. The average Bonchev–Trinajstić information content (AvgIpc) is 2.46. The highest BCUT2D eigenvalue weighted by Gasteiger charge is 2.20. The van der Waals surface area contributed by atoms with Crippen LogP contribution in [0.15, 0.2) is 0 Å². The average molecular weight is 333 g/mol. The molecule has 0 saturated carbocycles. The Hall–Kier alpha value is -1.71. The normalized spacial score (nSPS) is 14.2. The van der Waals surface area contributed by atoms with Crippen LogP contribution in [0.25, 0.3) is 0 Å². The third-order valence-corrected chi connectivity index (χ3v) is 3.93. The van der Waals surface area contributed by atoms with Gasteiger partial charge in [-0.25, -0.2) is 0 Å². The number of rotatable bonds is 12. The van der Waals surface area contributed by atoms with Crippen LogP contribution in [0.2, 0.25) is 0 Å². The SMILES string of the molecule is C[C@H](C(=O)O)N(C)CCN(CCN(C)[C@@H](C)C(=O)O)CC(=O)O. The van der Waals surface area contributed by atoms with Crippen LogP contribution in [-0.2, 0) is 14.4 Å². The number of carbonyl (C=O) groups is 3. The van der Waals surface area contributed by atoms with E-state index < -0.39 is 30.0 Å². The highest BCUT2D eigenvalue weighted by atomic mass is 16.4. The topological polar surface area (TPSA) is 122 Å². The van der Waals surface area contributed by atoms with Gasteiger partial charge in [-0.3, -0.25) is 29.1 Å². The second-order valence-electron chi connectivity index (χ2n) is 5.66. The molecule has 0 fully saturated rings. The van der Waals surface area contributed by atoms with Crippen molar-refractivity contribution in [2.45, 2.75) is 25.9 Å². The minimum atomic E-state index is -0.979. The van der Waals surface area contributed by atoms with E-state index in [-0.39, 0.29) is 6.54 Å². The molecule has 9 heteroatoms. The Labute approximate surface area is 136 Å². The molecule has 0 rings (SSSR count). The van der Waals surface area contributed by atoms with Gasteiger partial charge in [0.2, 0.25) is 0 Å². The zero-order valence-electron chi connectivity index (χ0n) is 14.1.